The molecule has 0 saturated carbocycles. The minimum Gasteiger partial charge on any atom is -0.467 e. The lowest BCUT2D eigenvalue weighted by Gasteiger charge is -2.25. The fourth-order valence-electron chi connectivity index (χ4n) is 2.18. The second-order valence-corrected chi connectivity index (χ2v) is 5.84. The monoisotopic (exact) mass is 366 g/mol. The summed E-state index contributed by atoms with van der Waals surface area (Å²) in [5.41, 5.74) is 0.818. The summed E-state index contributed by atoms with van der Waals surface area (Å²) in [6.45, 7) is 3.12. The highest BCUT2D eigenvalue weighted by Gasteiger charge is 2.30. The van der Waals surface area contributed by atoms with Gasteiger partial charge in [-0.15, -0.1) is 0 Å². The molecule has 144 valence electrons. The van der Waals surface area contributed by atoms with Gasteiger partial charge in [0.25, 0.3) is 0 Å². The highest BCUT2D eigenvalue weighted by molar-refractivity contribution is 5.89. The number of carbonyl (C=O) groups excluding carboxylic acids is 3. The van der Waals surface area contributed by atoms with Crippen molar-refractivity contribution in [1.29, 1.82) is 0 Å². The van der Waals surface area contributed by atoms with Crippen LogP contribution >= 0.6 is 0 Å². The molecule has 0 aliphatic heterocycles. The van der Waals surface area contributed by atoms with Crippen molar-refractivity contribution in [2.75, 3.05) is 13.7 Å². The Labute approximate surface area is 152 Å². The normalized spacial score (nSPS) is 13.8. The molecule has 8 nitrogen and oxygen atoms in total. The molecule has 2 amide bonds. The molecule has 0 fully saturated rings. The molecule has 26 heavy (non-hydrogen) atoms. The summed E-state index contributed by atoms with van der Waals surface area (Å²) < 4.78 is 9.65. The Kier molecular flexibility index (Phi) is 9.14. The number of aliphatic hydroxyl groups is 1. The average molecular weight is 366 g/mol. The number of benzene rings is 1. The molecule has 1 aromatic carbocycles. The van der Waals surface area contributed by atoms with E-state index in [2.05, 4.69) is 15.4 Å². The Bertz CT molecular complexity index is 593. The van der Waals surface area contributed by atoms with Gasteiger partial charge in [0, 0.05) is 0 Å². The predicted molar refractivity (Wildman–Crippen MR) is 94.0 cm³/mol. The topological polar surface area (TPSA) is 114 Å². The molecule has 8 heteroatoms. The van der Waals surface area contributed by atoms with Crippen LogP contribution in [0.3, 0.4) is 0 Å². The second kappa shape index (κ2) is 11.1. The summed E-state index contributed by atoms with van der Waals surface area (Å²) in [5, 5.41) is 14.1. The van der Waals surface area contributed by atoms with Crippen LogP contribution in [0.25, 0.3) is 0 Å². The van der Waals surface area contributed by atoms with E-state index in [0.29, 0.717) is 6.42 Å². The van der Waals surface area contributed by atoms with Crippen molar-refractivity contribution in [2.24, 2.45) is 5.92 Å². The second-order valence-electron chi connectivity index (χ2n) is 5.84. The summed E-state index contributed by atoms with van der Waals surface area (Å²) in [7, 11) is 1.16. The van der Waals surface area contributed by atoms with Crippen molar-refractivity contribution in [3.05, 3.63) is 35.9 Å². The third-order valence-corrected chi connectivity index (χ3v) is 3.97. The highest BCUT2D eigenvalue weighted by Crippen LogP contribution is 2.09. The van der Waals surface area contributed by atoms with Gasteiger partial charge in [-0.25, -0.2) is 9.59 Å². The number of carbonyl (C=O) groups is 3. The third kappa shape index (κ3) is 6.72. The molecular weight excluding hydrogens is 340 g/mol. The van der Waals surface area contributed by atoms with Crippen LogP contribution in [-0.4, -0.2) is 48.9 Å². The summed E-state index contributed by atoms with van der Waals surface area (Å²) >= 11 is 0. The first-order valence-corrected chi connectivity index (χ1v) is 8.39. The number of amides is 2. The average Bonchev–Trinajstić information content (AvgIpc) is 2.67. The van der Waals surface area contributed by atoms with Gasteiger partial charge < -0.3 is 25.2 Å². The molecule has 0 heterocycles. The SMILES string of the molecule is CC[C@H](C)[C@H](NC(=O)OCc1ccccc1)C(=O)N[C@@H](CO)C(=O)OC. The smallest absolute Gasteiger partial charge is 0.408 e. The van der Waals surface area contributed by atoms with Gasteiger partial charge in [0.15, 0.2) is 6.04 Å². The van der Waals surface area contributed by atoms with Crippen molar-refractivity contribution >= 4 is 18.0 Å². The lowest BCUT2D eigenvalue weighted by atomic mass is 9.98. The van der Waals surface area contributed by atoms with E-state index >= 15 is 0 Å². The Hall–Kier alpha value is -2.61. The molecule has 1 aromatic rings. The molecular formula is C18H26N2O6. The molecule has 0 aliphatic rings. The fourth-order valence-corrected chi connectivity index (χ4v) is 2.18. The molecule has 0 radical (unpaired) electrons. The number of rotatable bonds is 9. The van der Waals surface area contributed by atoms with Crippen LogP contribution in [0.15, 0.2) is 30.3 Å². The minimum atomic E-state index is -1.19. The number of hydrogen-bond donors (Lipinski definition) is 3. The van der Waals surface area contributed by atoms with E-state index in [1.807, 2.05) is 37.3 Å². The van der Waals surface area contributed by atoms with E-state index in [4.69, 9.17) is 4.74 Å². The van der Waals surface area contributed by atoms with Crippen molar-refractivity contribution in [1.82, 2.24) is 10.6 Å². The zero-order valence-corrected chi connectivity index (χ0v) is 15.2. The van der Waals surface area contributed by atoms with E-state index in [9.17, 15) is 19.5 Å². The quantitative estimate of drug-likeness (QED) is 0.561. The number of alkyl carbamates (subject to hydrolysis) is 1. The van der Waals surface area contributed by atoms with E-state index < -0.39 is 36.7 Å². The van der Waals surface area contributed by atoms with Crippen molar-refractivity contribution in [3.8, 4) is 0 Å². The maximum atomic E-state index is 12.4. The predicted octanol–water partition coefficient (Wildman–Crippen LogP) is 0.978. The van der Waals surface area contributed by atoms with Gasteiger partial charge in [-0.1, -0.05) is 50.6 Å². The number of nitrogens with one attached hydrogen (secondary N) is 2. The van der Waals surface area contributed by atoms with Gasteiger partial charge >= 0.3 is 12.1 Å². The minimum absolute atomic E-state index is 0.0724. The number of aliphatic hydroxyl groups excluding tert-OH is 1. The maximum Gasteiger partial charge on any atom is 0.408 e. The van der Waals surface area contributed by atoms with Crippen molar-refractivity contribution in [2.45, 2.75) is 39.0 Å². The van der Waals surface area contributed by atoms with E-state index in [-0.39, 0.29) is 12.5 Å². The highest BCUT2D eigenvalue weighted by atomic mass is 16.5. The van der Waals surface area contributed by atoms with Gasteiger partial charge in [0.2, 0.25) is 5.91 Å². The molecule has 0 unspecified atom stereocenters. The zero-order chi connectivity index (χ0) is 19.5. The van der Waals surface area contributed by atoms with Crippen LogP contribution in [0.1, 0.15) is 25.8 Å². The van der Waals surface area contributed by atoms with Crippen LogP contribution in [0.5, 0.6) is 0 Å². The van der Waals surface area contributed by atoms with Crippen molar-refractivity contribution < 1.29 is 29.0 Å². The van der Waals surface area contributed by atoms with Crippen LogP contribution < -0.4 is 10.6 Å². The van der Waals surface area contributed by atoms with E-state index in [1.54, 1.807) is 6.92 Å². The number of ether oxygens (including phenoxy) is 2. The van der Waals surface area contributed by atoms with Gasteiger partial charge in [0.1, 0.15) is 12.6 Å². The Balaban J connectivity index is 2.68. The summed E-state index contributed by atoms with van der Waals surface area (Å²) in [6, 6.07) is 7.03. The first-order chi connectivity index (χ1) is 12.4. The van der Waals surface area contributed by atoms with E-state index in [1.165, 1.54) is 0 Å². The first-order valence-electron chi connectivity index (χ1n) is 8.39. The molecule has 0 spiro atoms. The molecule has 1 rings (SSSR count). The van der Waals surface area contributed by atoms with Crippen LogP contribution in [0.4, 0.5) is 4.79 Å². The number of hydrogen-bond acceptors (Lipinski definition) is 6. The zero-order valence-electron chi connectivity index (χ0n) is 15.2. The summed E-state index contributed by atoms with van der Waals surface area (Å²) in [6.07, 6.45) is -0.132. The molecule has 0 saturated heterocycles. The van der Waals surface area contributed by atoms with Gasteiger partial charge in [-0.3, -0.25) is 4.79 Å². The standard InChI is InChI=1S/C18H26N2O6/c1-4-12(2)15(16(22)19-14(10-21)17(23)25-3)20-18(24)26-11-13-8-6-5-7-9-13/h5-9,12,14-15,21H,4,10-11H2,1-3H3,(H,19,22)(H,20,24)/t12-,14-,15-/m0/s1. The van der Waals surface area contributed by atoms with Crippen LogP contribution in [0, 0.1) is 5.92 Å². The first kappa shape index (κ1) is 21.4. The van der Waals surface area contributed by atoms with Crippen LogP contribution in [-0.2, 0) is 25.7 Å². The van der Waals surface area contributed by atoms with Crippen molar-refractivity contribution in [3.63, 3.8) is 0 Å². The van der Waals surface area contributed by atoms with Gasteiger partial charge in [-0.2, -0.15) is 0 Å². The van der Waals surface area contributed by atoms with Gasteiger partial charge in [0.05, 0.1) is 13.7 Å². The summed E-state index contributed by atoms with van der Waals surface area (Å²) in [5.74, 6) is -1.58. The molecule has 3 N–H and O–H groups in total. The molecule has 0 aliphatic carbocycles. The third-order valence-electron chi connectivity index (χ3n) is 3.97. The Morgan fingerprint density at radius 3 is 2.35 bits per heavy atom. The number of methoxy groups -OCH3 is 1. The maximum absolute atomic E-state index is 12.4. The Morgan fingerprint density at radius 2 is 1.81 bits per heavy atom. The van der Waals surface area contributed by atoms with Crippen LogP contribution in [0.2, 0.25) is 0 Å². The van der Waals surface area contributed by atoms with E-state index in [0.717, 1.165) is 12.7 Å². The van der Waals surface area contributed by atoms with Gasteiger partial charge in [-0.05, 0) is 11.5 Å². The lowest BCUT2D eigenvalue weighted by Crippen LogP contribution is -2.55. The number of esters is 1. The molecule has 0 aromatic heterocycles. The Morgan fingerprint density at radius 1 is 1.15 bits per heavy atom. The summed E-state index contributed by atoms with van der Waals surface area (Å²) in [4.78, 5) is 36.0. The largest absolute Gasteiger partial charge is 0.467 e. The fraction of sp³-hybridized carbons (Fsp3) is 0.500. The lowest BCUT2D eigenvalue weighted by molar-refractivity contribution is -0.146. The molecule has 0 bridgehead atoms. The molecule has 3 atom stereocenters.